The first kappa shape index (κ1) is 18.2. The molecule has 28 heavy (non-hydrogen) atoms. The first-order valence-electron chi connectivity index (χ1n) is 8.81. The highest BCUT2D eigenvalue weighted by atomic mass is 32.1. The molecule has 2 atom stereocenters. The highest BCUT2D eigenvalue weighted by Gasteiger charge is 2.39. The molecule has 7 heteroatoms. The number of rotatable bonds is 4. The molecule has 1 N–H and O–H groups in total. The number of carbonyl (C=O) groups is 1. The van der Waals surface area contributed by atoms with Crippen molar-refractivity contribution in [3.8, 4) is 11.3 Å². The zero-order chi connectivity index (χ0) is 19.7. The van der Waals surface area contributed by atoms with E-state index in [-0.39, 0.29) is 18.1 Å². The van der Waals surface area contributed by atoms with E-state index in [9.17, 15) is 4.79 Å². The van der Waals surface area contributed by atoms with Crippen molar-refractivity contribution in [2.24, 2.45) is 0 Å². The third-order valence-electron chi connectivity index (χ3n) is 4.85. The van der Waals surface area contributed by atoms with Crippen LogP contribution in [0.5, 0.6) is 0 Å². The van der Waals surface area contributed by atoms with E-state index >= 15 is 0 Å². The summed E-state index contributed by atoms with van der Waals surface area (Å²) in [6.45, 7) is 0. The monoisotopic (exact) mass is 393 g/mol. The van der Waals surface area contributed by atoms with Crippen molar-refractivity contribution in [2.75, 3.05) is 14.2 Å². The summed E-state index contributed by atoms with van der Waals surface area (Å²) >= 11 is 5.45. The molecule has 0 bridgehead atoms. The van der Waals surface area contributed by atoms with Gasteiger partial charge in [0.15, 0.2) is 5.11 Å². The second-order valence-electron chi connectivity index (χ2n) is 6.51. The van der Waals surface area contributed by atoms with Gasteiger partial charge in [0.1, 0.15) is 17.6 Å². The van der Waals surface area contributed by atoms with E-state index in [1.54, 1.807) is 18.3 Å². The molecule has 0 unspecified atom stereocenters. The summed E-state index contributed by atoms with van der Waals surface area (Å²) in [7, 11) is 3.31. The minimum atomic E-state index is -0.364. The van der Waals surface area contributed by atoms with E-state index in [1.165, 1.54) is 7.11 Å². The summed E-state index contributed by atoms with van der Waals surface area (Å²) in [4.78, 5) is 18.1. The molecule has 1 aromatic carbocycles. The first-order valence-corrected chi connectivity index (χ1v) is 9.22. The first-order chi connectivity index (χ1) is 13.6. The van der Waals surface area contributed by atoms with Crippen LogP contribution in [0.2, 0.25) is 0 Å². The van der Waals surface area contributed by atoms with Crippen LogP contribution in [0.25, 0.3) is 11.3 Å². The predicted molar refractivity (Wildman–Crippen MR) is 109 cm³/mol. The molecular formula is C21H19N3O3S. The van der Waals surface area contributed by atoms with Gasteiger partial charge in [-0.1, -0.05) is 18.2 Å². The number of benzene rings is 1. The maximum absolute atomic E-state index is 11.6. The van der Waals surface area contributed by atoms with Crippen LogP contribution < -0.4 is 5.32 Å². The number of hydrogen-bond acceptors (Lipinski definition) is 5. The Bertz CT molecular complexity index is 1000. The van der Waals surface area contributed by atoms with Crippen LogP contribution in [0.3, 0.4) is 0 Å². The van der Waals surface area contributed by atoms with E-state index in [0.29, 0.717) is 10.7 Å². The number of furan rings is 1. The Morgan fingerprint density at radius 3 is 2.64 bits per heavy atom. The maximum Gasteiger partial charge on any atom is 0.337 e. The van der Waals surface area contributed by atoms with Crippen LogP contribution >= 0.6 is 12.2 Å². The molecule has 1 aliphatic heterocycles. The Labute approximate surface area is 168 Å². The van der Waals surface area contributed by atoms with Gasteiger partial charge in [-0.25, -0.2) is 4.79 Å². The normalized spacial score (nSPS) is 18.8. The third kappa shape index (κ3) is 3.25. The fraction of sp³-hybridized carbons (Fsp3) is 0.190. The van der Waals surface area contributed by atoms with Gasteiger partial charge in [-0.3, -0.25) is 4.98 Å². The number of likely N-dealkylation sites (N-methyl/N-ethyl adjacent to an activating group) is 1. The molecular weight excluding hydrogens is 374 g/mol. The van der Waals surface area contributed by atoms with Crippen LogP contribution in [0.4, 0.5) is 0 Å². The van der Waals surface area contributed by atoms with Gasteiger partial charge in [0.05, 0.1) is 24.4 Å². The number of hydrogen-bond donors (Lipinski definition) is 1. The lowest BCUT2D eigenvalue weighted by Gasteiger charge is -2.21. The molecule has 0 amide bonds. The second kappa shape index (κ2) is 7.44. The van der Waals surface area contributed by atoms with E-state index in [4.69, 9.17) is 21.4 Å². The van der Waals surface area contributed by atoms with Crippen molar-refractivity contribution < 1.29 is 13.9 Å². The van der Waals surface area contributed by atoms with E-state index in [1.807, 2.05) is 54.4 Å². The van der Waals surface area contributed by atoms with E-state index in [2.05, 4.69) is 10.3 Å². The predicted octanol–water partition coefficient (Wildman–Crippen LogP) is 3.73. The Morgan fingerprint density at radius 2 is 1.96 bits per heavy atom. The minimum absolute atomic E-state index is 0.0978. The number of pyridine rings is 1. The number of nitrogens with zero attached hydrogens (tertiary/aromatic N) is 2. The number of carbonyl (C=O) groups excluding carboxylic acids is 1. The Kier molecular flexibility index (Phi) is 4.83. The smallest absolute Gasteiger partial charge is 0.337 e. The number of aromatic nitrogens is 1. The number of ether oxygens (including phenoxy) is 1. The van der Waals surface area contributed by atoms with Crippen LogP contribution in [-0.4, -0.2) is 35.1 Å². The van der Waals surface area contributed by atoms with Crippen LogP contribution in [0.15, 0.2) is 65.2 Å². The van der Waals surface area contributed by atoms with Crippen molar-refractivity contribution in [2.45, 2.75) is 12.1 Å². The molecule has 3 heterocycles. The second-order valence-corrected chi connectivity index (χ2v) is 6.90. The Balaban J connectivity index is 1.64. The number of nitrogens with one attached hydrogen (secondary N) is 1. The lowest BCUT2D eigenvalue weighted by molar-refractivity contribution is 0.0600. The molecule has 0 aliphatic carbocycles. The Morgan fingerprint density at radius 1 is 1.18 bits per heavy atom. The lowest BCUT2D eigenvalue weighted by atomic mass is 10.0. The van der Waals surface area contributed by atoms with Gasteiger partial charge in [0, 0.05) is 18.8 Å². The van der Waals surface area contributed by atoms with Gasteiger partial charge in [-0.05, 0) is 48.6 Å². The summed E-state index contributed by atoms with van der Waals surface area (Å²) in [6.07, 6.45) is 1.77. The van der Waals surface area contributed by atoms with Crippen molar-refractivity contribution >= 4 is 23.3 Å². The zero-order valence-corrected chi connectivity index (χ0v) is 16.3. The summed E-state index contributed by atoms with van der Waals surface area (Å²) in [5, 5.41) is 3.98. The number of thiocarbonyl (C=S) groups is 1. The topological polar surface area (TPSA) is 67.6 Å². The summed E-state index contributed by atoms with van der Waals surface area (Å²) in [6, 6.07) is 16.6. The number of methoxy groups -OCH3 is 1. The average molecular weight is 393 g/mol. The summed E-state index contributed by atoms with van der Waals surface area (Å²) in [5.74, 6) is 1.15. The van der Waals surface area contributed by atoms with Gasteiger partial charge in [0.2, 0.25) is 0 Å². The van der Waals surface area contributed by atoms with Crippen molar-refractivity contribution in [1.82, 2.24) is 15.2 Å². The molecule has 3 aromatic rings. The Hall–Kier alpha value is -3.19. The molecule has 0 saturated carbocycles. The molecule has 142 valence electrons. The van der Waals surface area contributed by atoms with Crippen molar-refractivity contribution in [3.63, 3.8) is 0 Å². The molecule has 2 aromatic heterocycles. The fourth-order valence-electron chi connectivity index (χ4n) is 3.37. The van der Waals surface area contributed by atoms with E-state index < -0.39 is 0 Å². The van der Waals surface area contributed by atoms with Crippen molar-refractivity contribution in [3.05, 3.63) is 77.8 Å². The van der Waals surface area contributed by atoms with Crippen LogP contribution in [0, 0.1) is 0 Å². The SMILES string of the molecule is COC(=O)c1ccc(-c2ccc([C@@H]3[C@@H](c4ccccn4)NC(=S)N3C)o2)cc1. The molecule has 4 rings (SSSR count). The zero-order valence-electron chi connectivity index (χ0n) is 15.5. The lowest BCUT2D eigenvalue weighted by Crippen LogP contribution is -2.24. The van der Waals surface area contributed by atoms with Crippen molar-refractivity contribution in [1.29, 1.82) is 0 Å². The molecule has 6 nitrogen and oxygen atoms in total. The maximum atomic E-state index is 11.6. The van der Waals surface area contributed by atoms with Gasteiger partial charge < -0.3 is 19.4 Å². The highest BCUT2D eigenvalue weighted by Crippen LogP contribution is 2.39. The van der Waals surface area contributed by atoms with Gasteiger partial charge in [-0.2, -0.15) is 0 Å². The standard InChI is InChI=1S/C21H19N3O3S/c1-24-19(18(23-21(24)28)15-5-3-4-12-22-15)17-11-10-16(27-17)13-6-8-14(9-7-13)20(25)26-2/h3-12,18-19H,1-2H3,(H,23,28)/t18-,19-/m1/s1. The van der Waals surface area contributed by atoms with Gasteiger partial charge in [0.25, 0.3) is 0 Å². The van der Waals surface area contributed by atoms with Crippen LogP contribution in [0.1, 0.15) is 33.9 Å². The molecule has 1 fully saturated rings. The van der Waals surface area contributed by atoms with Gasteiger partial charge >= 0.3 is 5.97 Å². The summed E-state index contributed by atoms with van der Waals surface area (Å²) < 4.78 is 10.9. The van der Waals surface area contributed by atoms with Crippen LogP contribution in [-0.2, 0) is 4.74 Å². The minimum Gasteiger partial charge on any atom is -0.465 e. The summed E-state index contributed by atoms with van der Waals surface area (Å²) in [5.41, 5.74) is 2.28. The quantitative estimate of drug-likeness (QED) is 0.535. The molecule has 0 spiro atoms. The molecule has 1 aliphatic rings. The fourth-order valence-corrected chi connectivity index (χ4v) is 3.61. The number of esters is 1. The average Bonchev–Trinajstić information content (AvgIpc) is 3.33. The van der Waals surface area contributed by atoms with Gasteiger partial charge in [-0.15, -0.1) is 0 Å². The largest absolute Gasteiger partial charge is 0.465 e. The molecule has 0 radical (unpaired) electrons. The molecule has 1 saturated heterocycles. The van der Waals surface area contributed by atoms with E-state index in [0.717, 1.165) is 22.8 Å². The highest BCUT2D eigenvalue weighted by molar-refractivity contribution is 7.80. The third-order valence-corrected chi connectivity index (χ3v) is 5.25.